The summed E-state index contributed by atoms with van der Waals surface area (Å²) in [4.78, 5) is 21.7. The van der Waals surface area contributed by atoms with Gasteiger partial charge in [0.1, 0.15) is 5.82 Å². The van der Waals surface area contributed by atoms with E-state index in [1.165, 1.54) is 12.1 Å². The van der Waals surface area contributed by atoms with E-state index >= 15 is 0 Å². The van der Waals surface area contributed by atoms with E-state index < -0.39 is 0 Å². The van der Waals surface area contributed by atoms with Crippen molar-refractivity contribution in [3.05, 3.63) is 82.9 Å². The van der Waals surface area contributed by atoms with Crippen molar-refractivity contribution in [2.24, 2.45) is 0 Å². The molecule has 0 radical (unpaired) electrons. The zero-order valence-electron chi connectivity index (χ0n) is 14.4. The topological polar surface area (TPSA) is 54.9 Å². The van der Waals surface area contributed by atoms with E-state index in [1.807, 2.05) is 25.1 Å². The molecular weight excluding hydrogens is 329 g/mol. The molecule has 0 fully saturated rings. The second kappa shape index (κ2) is 6.67. The number of aromatic nitrogens is 2. The highest BCUT2D eigenvalue weighted by molar-refractivity contribution is 5.99. The lowest BCUT2D eigenvalue weighted by Crippen LogP contribution is -2.22. The molecule has 0 spiro atoms. The number of aryl methyl sites for hydroxylation is 1. The van der Waals surface area contributed by atoms with Crippen LogP contribution >= 0.6 is 0 Å². The summed E-state index contributed by atoms with van der Waals surface area (Å²) in [5.74, 6) is 0.346. The number of benzene rings is 2. The van der Waals surface area contributed by atoms with Gasteiger partial charge in [-0.3, -0.25) is 4.79 Å². The van der Waals surface area contributed by atoms with Crippen LogP contribution in [0, 0.1) is 12.7 Å². The number of nitrogens with zero attached hydrogens (tertiary/aromatic N) is 2. The maximum absolute atomic E-state index is 13.1. The molecule has 1 aliphatic rings. The van der Waals surface area contributed by atoms with E-state index in [4.69, 9.17) is 0 Å². The summed E-state index contributed by atoms with van der Waals surface area (Å²) in [6.45, 7) is 1.83. The summed E-state index contributed by atoms with van der Waals surface area (Å²) in [6, 6.07) is 16.1. The second-order valence-electron chi connectivity index (χ2n) is 6.53. The monoisotopic (exact) mass is 347 g/mol. The Morgan fingerprint density at radius 2 is 1.73 bits per heavy atom. The van der Waals surface area contributed by atoms with Crippen molar-refractivity contribution in [3.8, 4) is 0 Å². The Kier molecular flexibility index (Phi) is 4.21. The maximum Gasteiger partial charge on any atom is 0.227 e. The van der Waals surface area contributed by atoms with E-state index in [2.05, 4.69) is 27.4 Å². The normalized spacial score (nSPS) is 16.2. The number of halogens is 1. The molecule has 1 atom stereocenters. The third-order valence-electron chi connectivity index (χ3n) is 4.69. The van der Waals surface area contributed by atoms with Gasteiger partial charge in [-0.1, -0.05) is 30.3 Å². The number of carbonyl (C=O) groups excluding carboxylic acids is 1. The lowest BCUT2D eigenvalue weighted by Gasteiger charge is -2.24. The fraction of sp³-hybridized carbons (Fsp3) is 0.190. The van der Waals surface area contributed by atoms with Gasteiger partial charge in [0.05, 0.1) is 17.0 Å². The highest BCUT2D eigenvalue weighted by Gasteiger charge is 2.29. The molecule has 5 heteroatoms. The second-order valence-corrected chi connectivity index (χ2v) is 6.53. The van der Waals surface area contributed by atoms with Crippen molar-refractivity contribution in [2.45, 2.75) is 25.7 Å². The molecule has 0 aliphatic heterocycles. The lowest BCUT2D eigenvalue weighted by molar-refractivity contribution is 0.0962. The first-order chi connectivity index (χ1) is 12.6. The largest absolute Gasteiger partial charge is 0.324 e. The standard InChI is InChI=1S/C21H18FN3O/c1-13-20-18(11-15(12-19(20)26)14-5-3-2-4-6-14)25-21(23-13)24-17-9-7-16(22)8-10-17/h2-10,15H,11-12H2,1H3,(H,23,24,25)/t15-/m0/s1. The molecule has 4 rings (SSSR count). The first-order valence-corrected chi connectivity index (χ1v) is 8.58. The lowest BCUT2D eigenvalue weighted by atomic mass is 9.81. The molecule has 4 nitrogen and oxygen atoms in total. The van der Waals surface area contributed by atoms with Crippen LogP contribution in [0.1, 0.15) is 39.6 Å². The van der Waals surface area contributed by atoms with Crippen LogP contribution in [0.5, 0.6) is 0 Å². The van der Waals surface area contributed by atoms with Crippen molar-refractivity contribution in [1.29, 1.82) is 0 Å². The van der Waals surface area contributed by atoms with Gasteiger partial charge >= 0.3 is 0 Å². The number of Topliss-reactive ketones (excluding diaryl/α,β-unsaturated/α-hetero) is 1. The molecule has 2 aromatic carbocycles. The molecule has 0 saturated heterocycles. The number of nitrogens with one attached hydrogen (secondary N) is 1. The van der Waals surface area contributed by atoms with E-state index in [-0.39, 0.29) is 17.5 Å². The van der Waals surface area contributed by atoms with E-state index in [0.717, 1.165) is 11.3 Å². The van der Waals surface area contributed by atoms with Gasteiger partial charge in [-0.05, 0) is 49.1 Å². The minimum atomic E-state index is -0.297. The Balaban J connectivity index is 1.66. The third-order valence-corrected chi connectivity index (χ3v) is 4.69. The van der Waals surface area contributed by atoms with Crippen molar-refractivity contribution in [3.63, 3.8) is 0 Å². The van der Waals surface area contributed by atoms with E-state index in [0.29, 0.717) is 35.7 Å². The van der Waals surface area contributed by atoms with Crippen LogP contribution in [-0.4, -0.2) is 15.8 Å². The van der Waals surface area contributed by atoms with Crippen LogP contribution in [0.25, 0.3) is 0 Å². The fourth-order valence-electron chi connectivity index (χ4n) is 3.45. The minimum Gasteiger partial charge on any atom is -0.324 e. The van der Waals surface area contributed by atoms with Crippen LogP contribution in [0.3, 0.4) is 0 Å². The fourth-order valence-corrected chi connectivity index (χ4v) is 3.45. The summed E-state index contributed by atoms with van der Waals surface area (Å²) in [5, 5.41) is 3.09. The third kappa shape index (κ3) is 3.20. The molecule has 130 valence electrons. The predicted molar refractivity (Wildman–Crippen MR) is 98.3 cm³/mol. The Morgan fingerprint density at radius 3 is 2.46 bits per heavy atom. The number of carbonyl (C=O) groups is 1. The van der Waals surface area contributed by atoms with Gasteiger partial charge in [-0.2, -0.15) is 0 Å². The van der Waals surface area contributed by atoms with Gasteiger partial charge in [0.2, 0.25) is 5.95 Å². The van der Waals surface area contributed by atoms with E-state index in [1.54, 1.807) is 12.1 Å². The zero-order valence-corrected chi connectivity index (χ0v) is 14.4. The highest BCUT2D eigenvalue weighted by Crippen LogP contribution is 2.33. The molecule has 26 heavy (non-hydrogen) atoms. The van der Waals surface area contributed by atoms with Gasteiger partial charge in [0.25, 0.3) is 0 Å². The quantitative estimate of drug-likeness (QED) is 0.753. The van der Waals surface area contributed by atoms with Crippen LogP contribution in [0.2, 0.25) is 0 Å². The molecule has 0 unspecified atom stereocenters. The number of anilines is 2. The Bertz CT molecular complexity index is 955. The Labute approximate surface area is 151 Å². The summed E-state index contributed by atoms with van der Waals surface area (Å²) < 4.78 is 13.1. The summed E-state index contributed by atoms with van der Waals surface area (Å²) >= 11 is 0. The van der Waals surface area contributed by atoms with Crippen LogP contribution < -0.4 is 5.32 Å². The average Bonchev–Trinajstić information content (AvgIpc) is 2.64. The van der Waals surface area contributed by atoms with Crippen molar-refractivity contribution >= 4 is 17.4 Å². The van der Waals surface area contributed by atoms with Gasteiger partial charge < -0.3 is 5.32 Å². The molecular formula is C21H18FN3O. The minimum absolute atomic E-state index is 0.0888. The van der Waals surface area contributed by atoms with Crippen molar-refractivity contribution in [2.75, 3.05) is 5.32 Å². The maximum atomic E-state index is 13.1. The highest BCUT2D eigenvalue weighted by atomic mass is 19.1. The predicted octanol–water partition coefficient (Wildman–Crippen LogP) is 4.58. The summed E-state index contributed by atoms with van der Waals surface area (Å²) in [7, 11) is 0. The zero-order chi connectivity index (χ0) is 18.1. The molecule has 3 aromatic rings. The number of rotatable bonds is 3. The average molecular weight is 347 g/mol. The number of hydrogen-bond acceptors (Lipinski definition) is 4. The molecule has 1 aromatic heterocycles. The van der Waals surface area contributed by atoms with Crippen molar-refractivity contribution in [1.82, 2.24) is 9.97 Å². The smallest absolute Gasteiger partial charge is 0.227 e. The molecule has 1 N–H and O–H groups in total. The van der Waals surface area contributed by atoms with Gasteiger partial charge in [-0.15, -0.1) is 0 Å². The van der Waals surface area contributed by atoms with Crippen LogP contribution in [0.4, 0.5) is 16.0 Å². The molecule has 1 aliphatic carbocycles. The van der Waals surface area contributed by atoms with Crippen LogP contribution in [-0.2, 0) is 6.42 Å². The van der Waals surface area contributed by atoms with Crippen molar-refractivity contribution < 1.29 is 9.18 Å². The van der Waals surface area contributed by atoms with Crippen LogP contribution in [0.15, 0.2) is 54.6 Å². The number of ketones is 1. The number of fused-ring (bicyclic) bond motifs is 1. The van der Waals surface area contributed by atoms with Gasteiger partial charge in [0, 0.05) is 12.1 Å². The SMILES string of the molecule is Cc1nc(Nc2ccc(F)cc2)nc2c1C(=O)C[C@@H](c1ccccc1)C2. The molecule has 0 bridgehead atoms. The molecule has 1 heterocycles. The Morgan fingerprint density at radius 1 is 1.00 bits per heavy atom. The molecule has 0 saturated carbocycles. The van der Waals surface area contributed by atoms with E-state index in [9.17, 15) is 9.18 Å². The number of hydrogen-bond donors (Lipinski definition) is 1. The summed E-state index contributed by atoms with van der Waals surface area (Å²) in [5.41, 5.74) is 3.94. The summed E-state index contributed by atoms with van der Waals surface area (Å²) in [6.07, 6.45) is 1.18. The first-order valence-electron chi connectivity index (χ1n) is 8.58. The van der Waals surface area contributed by atoms with Gasteiger partial charge in [-0.25, -0.2) is 14.4 Å². The Hall–Kier alpha value is -3.08. The first kappa shape index (κ1) is 16.4. The van der Waals surface area contributed by atoms with Gasteiger partial charge in [0.15, 0.2) is 5.78 Å². The molecule has 0 amide bonds.